The lowest BCUT2D eigenvalue weighted by molar-refractivity contribution is -0.139. The molecule has 0 fully saturated rings. The lowest BCUT2D eigenvalue weighted by Crippen LogP contribution is -2.33. The maximum atomic E-state index is 10.7. The van der Waals surface area contributed by atoms with Crippen LogP contribution in [0.5, 0.6) is 11.5 Å². The molecule has 0 radical (unpaired) electrons. The van der Waals surface area contributed by atoms with Crippen molar-refractivity contribution in [1.29, 1.82) is 0 Å². The minimum Gasteiger partial charge on any atom is -0.491 e. The minimum atomic E-state index is -0.898. The molecule has 0 spiro atoms. The predicted octanol–water partition coefficient (Wildman–Crippen LogP) is 2.31. The van der Waals surface area contributed by atoms with Crippen LogP contribution in [0.15, 0.2) is 12.1 Å². The summed E-state index contributed by atoms with van der Waals surface area (Å²) in [6.07, 6.45) is 0. The van der Waals surface area contributed by atoms with Crippen molar-refractivity contribution >= 4 is 17.6 Å². The number of halogens is 1. The van der Waals surface area contributed by atoms with Crippen molar-refractivity contribution in [3.05, 3.63) is 22.7 Å². The average molecular weight is 288 g/mol. The molecule has 19 heavy (non-hydrogen) atoms. The maximum Gasteiger partial charge on any atom is 0.320 e. The van der Waals surface area contributed by atoms with E-state index >= 15 is 0 Å². The smallest absolute Gasteiger partial charge is 0.320 e. The van der Waals surface area contributed by atoms with Gasteiger partial charge in [-0.3, -0.25) is 4.79 Å². The largest absolute Gasteiger partial charge is 0.491 e. The summed E-state index contributed by atoms with van der Waals surface area (Å²) < 4.78 is 10.6. The van der Waals surface area contributed by atoms with Crippen LogP contribution in [0.1, 0.15) is 19.4 Å². The number of hydrogen-bond acceptors (Lipinski definition) is 4. The second kappa shape index (κ2) is 7.21. The van der Waals surface area contributed by atoms with Crippen LogP contribution < -0.4 is 14.8 Å². The van der Waals surface area contributed by atoms with Crippen molar-refractivity contribution in [3.8, 4) is 11.5 Å². The number of hydrogen-bond donors (Lipinski definition) is 2. The Morgan fingerprint density at radius 2 is 2.21 bits per heavy atom. The van der Waals surface area contributed by atoms with Gasteiger partial charge >= 0.3 is 5.97 Å². The highest BCUT2D eigenvalue weighted by Gasteiger charge is 2.13. The average Bonchev–Trinajstić information content (AvgIpc) is 2.36. The molecule has 1 aromatic carbocycles. The van der Waals surface area contributed by atoms with Gasteiger partial charge < -0.3 is 19.9 Å². The van der Waals surface area contributed by atoms with E-state index in [-0.39, 0.29) is 0 Å². The van der Waals surface area contributed by atoms with E-state index < -0.39 is 12.0 Å². The molecule has 0 unspecified atom stereocenters. The van der Waals surface area contributed by atoms with E-state index in [0.717, 1.165) is 5.56 Å². The zero-order valence-electron chi connectivity index (χ0n) is 11.2. The van der Waals surface area contributed by atoms with E-state index in [1.165, 1.54) is 7.11 Å². The van der Waals surface area contributed by atoms with Crippen molar-refractivity contribution in [3.63, 3.8) is 0 Å². The Morgan fingerprint density at radius 1 is 1.53 bits per heavy atom. The highest BCUT2D eigenvalue weighted by Crippen LogP contribution is 2.36. The Morgan fingerprint density at radius 3 is 2.74 bits per heavy atom. The van der Waals surface area contributed by atoms with Crippen LogP contribution in [0.3, 0.4) is 0 Å². The van der Waals surface area contributed by atoms with E-state index in [1.807, 2.05) is 6.92 Å². The molecule has 5 nitrogen and oxygen atoms in total. The van der Waals surface area contributed by atoms with Gasteiger partial charge in [-0.05, 0) is 31.5 Å². The fourth-order valence-electron chi connectivity index (χ4n) is 1.54. The van der Waals surface area contributed by atoms with Crippen LogP contribution in [-0.2, 0) is 11.3 Å². The molecule has 0 saturated heterocycles. The van der Waals surface area contributed by atoms with E-state index in [4.69, 9.17) is 26.2 Å². The first kappa shape index (κ1) is 15.6. The molecule has 0 saturated carbocycles. The Bertz CT molecular complexity index is 451. The number of ether oxygens (including phenoxy) is 2. The summed E-state index contributed by atoms with van der Waals surface area (Å²) in [5.41, 5.74) is 0.836. The molecule has 0 amide bonds. The number of carboxylic acids is 1. The number of carbonyl (C=O) groups is 1. The topological polar surface area (TPSA) is 67.8 Å². The van der Waals surface area contributed by atoms with Crippen molar-refractivity contribution in [2.75, 3.05) is 13.7 Å². The molecule has 1 atom stereocenters. The van der Waals surface area contributed by atoms with E-state index in [9.17, 15) is 4.79 Å². The predicted molar refractivity (Wildman–Crippen MR) is 73.1 cm³/mol. The number of rotatable bonds is 7. The van der Waals surface area contributed by atoms with Gasteiger partial charge in [0.15, 0.2) is 11.5 Å². The lowest BCUT2D eigenvalue weighted by Gasteiger charge is -2.14. The van der Waals surface area contributed by atoms with Crippen molar-refractivity contribution in [2.24, 2.45) is 0 Å². The van der Waals surface area contributed by atoms with E-state index in [0.29, 0.717) is 29.7 Å². The fraction of sp³-hybridized carbons (Fsp3) is 0.462. The molecule has 0 aliphatic carbocycles. The first-order chi connectivity index (χ1) is 8.99. The third-order valence-electron chi connectivity index (χ3n) is 2.56. The van der Waals surface area contributed by atoms with Gasteiger partial charge in [-0.25, -0.2) is 0 Å². The third-order valence-corrected chi connectivity index (χ3v) is 2.84. The van der Waals surface area contributed by atoms with Gasteiger partial charge in [0.25, 0.3) is 0 Å². The van der Waals surface area contributed by atoms with Gasteiger partial charge in [0.2, 0.25) is 0 Å². The normalized spacial score (nSPS) is 12.0. The van der Waals surface area contributed by atoms with E-state index in [1.54, 1.807) is 19.1 Å². The van der Waals surface area contributed by atoms with Crippen LogP contribution in [0, 0.1) is 0 Å². The lowest BCUT2D eigenvalue weighted by atomic mass is 10.2. The molecule has 0 aliphatic heterocycles. The van der Waals surface area contributed by atoms with Gasteiger partial charge in [-0.2, -0.15) is 0 Å². The Balaban J connectivity index is 2.87. The maximum absolute atomic E-state index is 10.7. The van der Waals surface area contributed by atoms with Crippen molar-refractivity contribution in [2.45, 2.75) is 26.4 Å². The molecular weight excluding hydrogens is 270 g/mol. The standard InChI is InChI=1S/C13H18ClNO4/c1-4-19-11-6-9(5-10(14)12(11)18-3)7-15-8(2)13(16)17/h5-6,8,15H,4,7H2,1-3H3,(H,16,17)/t8-/m0/s1. The number of benzene rings is 1. The Hall–Kier alpha value is -1.46. The van der Waals surface area contributed by atoms with Crippen molar-refractivity contribution < 1.29 is 19.4 Å². The monoisotopic (exact) mass is 287 g/mol. The number of carboxylic acid groups (broad SMARTS) is 1. The summed E-state index contributed by atoms with van der Waals surface area (Å²) in [6.45, 7) is 4.33. The van der Waals surface area contributed by atoms with Gasteiger partial charge in [0.05, 0.1) is 18.7 Å². The highest BCUT2D eigenvalue weighted by molar-refractivity contribution is 6.32. The highest BCUT2D eigenvalue weighted by atomic mass is 35.5. The third kappa shape index (κ3) is 4.29. The zero-order valence-corrected chi connectivity index (χ0v) is 12.0. The molecule has 0 bridgehead atoms. The summed E-state index contributed by atoms with van der Waals surface area (Å²) in [6, 6.07) is 2.89. The van der Waals surface area contributed by atoms with Gasteiger partial charge in [-0.15, -0.1) is 0 Å². The molecule has 6 heteroatoms. The van der Waals surface area contributed by atoms with Gasteiger partial charge in [0, 0.05) is 6.54 Å². The Labute approximate surface area is 117 Å². The summed E-state index contributed by atoms with van der Waals surface area (Å²) >= 11 is 6.10. The van der Waals surface area contributed by atoms with E-state index in [2.05, 4.69) is 5.32 Å². The van der Waals surface area contributed by atoms with Crippen LogP contribution in [0.2, 0.25) is 5.02 Å². The van der Waals surface area contributed by atoms with Gasteiger partial charge in [-0.1, -0.05) is 11.6 Å². The van der Waals surface area contributed by atoms with Crippen LogP contribution in [0.25, 0.3) is 0 Å². The minimum absolute atomic E-state index is 0.386. The molecule has 0 heterocycles. The summed E-state index contributed by atoms with van der Waals surface area (Å²) in [7, 11) is 1.52. The second-order valence-corrected chi connectivity index (χ2v) is 4.39. The Kier molecular flexibility index (Phi) is 5.92. The quantitative estimate of drug-likeness (QED) is 0.805. The van der Waals surface area contributed by atoms with Crippen molar-refractivity contribution in [1.82, 2.24) is 5.32 Å². The summed E-state index contributed by atoms with van der Waals surface area (Å²) in [5, 5.41) is 12.1. The molecular formula is C13H18ClNO4. The summed E-state index contributed by atoms with van der Waals surface area (Å²) in [4.78, 5) is 10.7. The molecule has 1 rings (SSSR count). The molecule has 1 aromatic rings. The zero-order chi connectivity index (χ0) is 14.4. The number of aliphatic carboxylic acids is 1. The molecule has 0 aliphatic rings. The fourth-order valence-corrected chi connectivity index (χ4v) is 1.85. The summed E-state index contributed by atoms with van der Waals surface area (Å²) in [5.74, 6) is 0.139. The SMILES string of the molecule is CCOc1cc(CN[C@@H](C)C(=O)O)cc(Cl)c1OC. The van der Waals surface area contributed by atoms with Crippen LogP contribution in [0.4, 0.5) is 0 Å². The van der Waals surface area contributed by atoms with Crippen LogP contribution >= 0.6 is 11.6 Å². The molecule has 0 aromatic heterocycles. The molecule has 2 N–H and O–H groups in total. The second-order valence-electron chi connectivity index (χ2n) is 3.98. The van der Waals surface area contributed by atoms with Gasteiger partial charge in [0.1, 0.15) is 6.04 Å². The first-order valence-electron chi connectivity index (χ1n) is 5.95. The number of nitrogens with one attached hydrogen (secondary N) is 1. The number of methoxy groups -OCH3 is 1. The first-order valence-corrected chi connectivity index (χ1v) is 6.32. The molecule has 106 valence electrons. The van der Waals surface area contributed by atoms with Crippen LogP contribution in [-0.4, -0.2) is 30.8 Å².